The van der Waals surface area contributed by atoms with E-state index >= 15 is 0 Å². The number of ether oxygens (including phenoxy) is 1. The number of thiophene rings is 1. The molecule has 31 heavy (non-hydrogen) atoms. The van der Waals surface area contributed by atoms with Crippen LogP contribution >= 0.6 is 11.3 Å². The lowest BCUT2D eigenvalue weighted by Crippen LogP contribution is -2.40. The molecular formula is C22H29N3O4S2. The van der Waals surface area contributed by atoms with Gasteiger partial charge in [-0.15, -0.1) is 11.3 Å². The zero-order valence-electron chi connectivity index (χ0n) is 17.7. The SMILES string of the molecule is Cc1ccc(S(=O)(=O)N2CCOCC2)cc1C(=O)NCC(c1cccs1)N1CCCC1. The van der Waals surface area contributed by atoms with Crippen molar-refractivity contribution in [2.45, 2.75) is 30.7 Å². The van der Waals surface area contributed by atoms with Crippen molar-refractivity contribution in [3.05, 3.63) is 51.7 Å². The first-order chi connectivity index (χ1) is 15.0. The molecule has 7 nitrogen and oxygen atoms in total. The zero-order chi connectivity index (χ0) is 21.8. The molecule has 0 aliphatic carbocycles. The van der Waals surface area contributed by atoms with E-state index < -0.39 is 10.0 Å². The zero-order valence-corrected chi connectivity index (χ0v) is 19.4. The number of carbonyl (C=O) groups is 1. The second-order valence-corrected chi connectivity index (χ2v) is 10.9. The Labute approximate surface area is 188 Å². The lowest BCUT2D eigenvalue weighted by molar-refractivity contribution is 0.0730. The summed E-state index contributed by atoms with van der Waals surface area (Å²) in [6, 6.07) is 9.09. The van der Waals surface area contributed by atoms with Gasteiger partial charge >= 0.3 is 0 Å². The highest BCUT2D eigenvalue weighted by Crippen LogP contribution is 2.28. The summed E-state index contributed by atoms with van der Waals surface area (Å²) in [5.41, 5.74) is 1.16. The molecule has 4 rings (SSSR count). The number of amides is 1. The van der Waals surface area contributed by atoms with Gasteiger partial charge in [-0.2, -0.15) is 4.31 Å². The van der Waals surface area contributed by atoms with Crippen molar-refractivity contribution < 1.29 is 17.9 Å². The standard InChI is InChI=1S/C22H29N3O4S2/c1-17-6-7-18(31(27,28)25-10-12-29-13-11-25)15-19(17)22(26)23-16-20(21-5-4-14-30-21)24-8-2-3-9-24/h4-7,14-15,20H,2-3,8-13,16H2,1H3,(H,23,26). The summed E-state index contributed by atoms with van der Waals surface area (Å²) >= 11 is 1.70. The molecule has 9 heteroatoms. The third-order valence-corrected chi connectivity index (χ3v) is 8.84. The van der Waals surface area contributed by atoms with E-state index in [4.69, 9.17) is 4.74 Å². The number of morpholine rings is 1. The second-order valence-electron chi connectivity index (χ2n) is 7.98. The molecule has 1 N–H and O–H groups in total. The number of hydrogen-bond donors (Lipinski definition) is 1. The van der Waals surface area contributed by atoms with Crippen molar-refractivity contribution in [1.29, 1.82) is 0 Å². The van der Waals surface area contributed by atoms with Gasteiger partial charge in [0, 0.05) is 30.1 Å². The lowest BCUT2D eigenvalue weighted by Gasteiger charge is -2.27. The summed E-state index contributed by atoms with van der Waals surface area (Å²) in [6.45, 7) is 5.83. The van der Waals surface area contributed by atoms with Crippen molar-refractivity contribution in [2.24, 2.45) is 0 Å². The fourth-order valence-corrected chi connectivity index (χ4v) is 6.47. The molecule has 0 saturated carbocycles. The van der Waals surface area contributed by atoms with Crippen molar-refractivity contribution >= 4 is 27.3 Å². The smallest absolute Gasteiger partial charge is 0.251 e. The summed E-state index contributed by atoms with van der Waals surface area (Å²) in [5, 5.41) is 5.12. The Hall–Kier alpha value is -1.78. The highest BCUT2D eigenvalue weighted by atomic mass is 32.2. The lowest BCUT2D eigenvalue weighted by atomic mass is 10.1. The third-order valence-electron chi connectivity index (χ3n) is 5.97. The number of nitrogens with one attached hydrogen (secondary N) is 1. The molecule has 3 heterocycles. The maximum atomic E-state index is 13.1. The fourth-order valence-electron chi connectivity index (χ4n) is 4.17. The predicted molar refractivity (Wildman–Crippen MR) is 121 cm³/mol. The fraction of sp³-hybridized carbons (Fsp3) is 0.500. The van der Waals surface area contributed by atoms with Gasteiger partial charge in [-0.05, 0) is 62.0 Å². The van der Waals surface area contributed by atoms with Crippen molar-refractivity contribution in [2.75, 3.05) is 45.9 Å². The van der Waals surface area contributed by atoms with E-state index in [1.807, 2.05) is 13.0 Å². The molecule has 168 valence electrons. The van der Waals surface area contributed by atoms with Gasteiger partial charge in [0.05, 0.1) is 24.2 Å². The first kappa shape index (κ1) is 22.4. The molecule has 1 aromatic carbocycles. The van der Waals surface area contributed by atoms with E-state index in [0.29, 0.717) is 38.4 Å². The molecule has 2 aliphatic rings. The van der Waals surface area contributed by atoms with Crippen molar-refractivity contribution in [1.82, 2.24) is 14.5 Å². The van der Waals surface area contributed by atoms with Crippen LogP contribution in [0.1, 0.15) is 39.7 Å². The normalized spacial score (nSPS) is 19.4. The number of benzene rings is 1. The van der Waals surface area contributed by atoms with Crippen molar-refractivity contribution in [3.63, 3.8) is 0 Å². The van der Waals surface area contributed by atoms with Gasteiger partial charge in [0.25, 0.3) is 5.91 Å². The van der Waals surface area contributed by atoms with Crippen LogP contribution < -0.4 is 5.32 Å². The highest BCUT2D eigenvalue weighted by molar-refractivity contribution is 7.89. The van der Waals surface area contributed by atoms with E-state index in [0.717, 1.165) is 18.7 Å². The van der Waals surface area contributed by atoms with Gasteiger partial charge < -0.3 is 10.1 Å². The second kappa shape index (κ2) is 9.79. The number of likely N-dealkylation sites (tertiary alicyclic amines) is 1. The van der Waals surface area contributed by atoms with Crippen LogP contribution in [0.15, 0.2) is 40.6 Å². The largest absolute Gasteiger partial charge is 0.379 e. The molecular weight excluding hydrogens is 434 g/mol. The number of sulfonamides is 1. The minimum absolute atomic E-state index is 0.145. The van der Waals surface area contributed by atoms with Crippen LogP contribution in [0.5, 0.6) is 0 Å². The average molecular weight is 464 g/mol. The van der Waals surface area contributed by atoms with E-state index in [1.165, 1.54) is 28.1 Å². The summed E-state index contributed by atoms with van der Waals surface area (Å²) < 4.78 is 32.7. The van der Waals surface area contributed by atoms with Crippen LogP contribution in [-0.4, -0.2) is 69.5 Å². The summed E-state index contributed by atoms with van der Waals surface area (Å²) in [7, 11) is -3.65. The van der Waals surface area contributed by atoms with Crippen LogP contribution in [-0.2, 0) is 14.8 Å². The van der Waals surface area contributed by atoms with Gasteiger partial charge in [0.2, 0.25) is 10.0 Å². The summed E-state index contributed by atoms with van der Waals surface area (Å²) in [6.07, 6.45) is 2.35. The van der Waals surface area contributed by atoms with Crippen LogP contribution in [0.25, 0.3) is 0 Å². The molecule has 0 bridgehead atoms. The predicted octanol–water partition coefficient (Wildman–Crippen LogP) is 2.64. The maximum Gasteiger partial charge on any atom is 0.251 e. The molecule has 1 atom stereocenters. The van der Waals surface area contributed by atoms with Gasteiger partial charge in [0.1, 0.15) is 0 Å². The average Bonchev–Trinajstić information content (AvgIpc) is 3.50. The Kier molecular flexibility index (Phi) is 7.08. The Morgan fingerprint density at radius 3 is 2.58 bits per heavy atom. The van der Waals surface area contributed by atoms with Crippen LogP contribution in [0.4, 0.5) is 0 Å². The Morgan fingerprint density at radius 2 is 1.90 bits per heavy atom. The summed E-state index contributed by atoms with van der Waals surface area (Å²) in [4.78, 5) is 16.9. The Morgan fingerprint density at radius 1 is 1.16 bits per heavy atom. The number of nitrogens with zero attached hydrogens (tertiary/aromatic N) is 2. The monoisotopic (exact) mass is 463 g/mol. The molecule has 2 aliphatic heterocycles. The van der Waals surface area contributed by atoms with Gasteiger partial charge in [-0.1, -0.05) is 12.1 Å². The first-order valence-electron chi connectivity index (χ1n) is 10.7. The Balaban J connectivity index is 1.51. The Bertz CT molecular complexity index is 996. The molecule has 2 fully saturated rings. The molecule has 0 radical (unpaired) electrons. The van der Waals surface area contributed by atoms with E-state index in [1.54, 1.807) is 23.5 Å². The van der Waals surface area contributed by atoms with Crippen LogP contribution in [0, 0.1) is 6.92 Å². The molecule has 1 aromatic heterocycles. The molecule has 2 aromatic rings. The number of rotatable bonds is 7. The molecule has 0 spiro atoms. The van der Waals surface area contributed by atoms with Crippen LogP contribution in [0.2, 0.25) is 0 Å². The molecule has 2 saturated heterocycles. The third kappa shape index (κ3) is 5.01. The molecule has 1 unspecified atom stereocenters. The molecule has 1 amide bonds. The number of carbonyl (C=O) groups excluding carboxylic acids is 1. The van der Waals surface area contributed by atoms with Crippen molar-refractivity contribution in [3.8, 4) is 0 Å². The minimum atomic E-state index is -3.65. The van der Waals surface area contributed by atoms with Gasteiger partial charge in [0.15, 0.2) is 0 Å². The first-order valence-corrected chi connectivity index (χ1v) is 13.0. The van der Waals surface area contributed by atoms with Crippen LogP contribution in [0.3, 0.4) is 0 Å². The van der Waals surface area contributed by atoms with E-state index in [2.05, 4.69) is 21.7 Å². The van der Waals surface area contributed by atoms with E-state index in [-0.39, 0.29) is 16.8 Å². The number of aryl methyl sites for hydroxylation is 1. The van der Waals surface area contributed by atoms with Gasteiger partial charge in [-0.3, -0.25) is 9.69 Å². The van der Waals surface area contributed by atoms with E-state index in [9.17, 15) is 13.2 Å². The summed E-state index contributed by atoms with van der Waals surface area (Å²) in [5.74, 6) is -0.239. The highest BCUT2D eigenvalue weighted by Gasteiger charge is 2.28. The van der Waals surface area contributed by atoms with Gasteiger partial charge in [-0.25, -0.2) is 8.42 Å². The quantitative estimate of drug-likeness (QED) is 0.683. The topological polar surface area (TPSA) is 78.9 Å². The maximum absolute atomic E-state index is 13.1. The minimum Gasteiger partial charge on any atom is -0.379 e. The number of hydrogen-bond acceptors (Lipinski definition) is 6.